The van der Waals surface area contributed by atoms with Crippen molar-refractivity contribution in [2.24, 2.45) is 5.92 Å². The number of carbonyl (C=O) groups is 4. The van der Waals surface area contributed by atoms with Gasteiger partial charge in [-0.15, -0.1) is 0 Å². The number of amides is 3. The van der Waals surface area contributed by atoms with Gasteiger partial charge in [-0.2, -0.15) is 0 Å². The van der Waals surface area contributed by atoms with Crippen LogP contribution in [0, 0.1) is 5.92 Å². The van der Waals surface area contributed by atoms with Crippen molar-refractivity contribution < 1.29 is 32.9 Å². The molecular weight excluding hydrogens is 630 g/mol. The Bertz CT molecular complexity index is 1600. The summed E-state index contributed by atoms with van der Waals surface area (Å²) in [5.74, 6) is -1.09. The van der Waals surface area contributed by atoms with Crippen molar-refractivity contribution in [1.82, 2.24) is 15.1 Å². The number of esters is 1. The van der Waals surface area contributed by atoms with Crippen LogP contribution in [0.25, 0.3) is 0 Å². The highest BCUT2D eigenvalue weighted by atomic mass is 32.2. The summed E-state index contributed by atoms with van der Waals surface area (Å²) >= 11 is 0. The van der Waals surface area contributed by atoms with E-state index in [0.717, 1.165) is 24.0 Å². The predicted molar refractivity (Wildman–Crippen MR) is 181 cm³/mol. The third-order valence-electron chi connectivity index (χ3n) is 9.22. The van der Waals surface area contributed by atoms with Crippen LogP contribution in [0.15, 0.2) is 83.6 Å². The van der Waals surface area contributed by atoms with Gasteiger partial charge in [0, 0.05) is 18.7 Å². The summed E-state index contributed by atoms with van der Waals surface area (Å²) in [5.41, 5.74) is 1.42. The molecule has 2 aromatic rings. The molecule has 4 aliphatic rings. The second-order valence-electron chi connectivity index (χ2n) is 13.9. The van der Waals surface area contributed by atoms with E-state index >= 15 is 0 Å². The fraction of sp³-hybridized carbons (Fsp3) is 0.459. The van der Waals surface area contributed by atoms with Crippen LogP contribution >= 0.6 is 0 Å². The molecule has 3 fully saturated rings. The second-order valence-corrected chi connectivity index (χ2v) is 15.4. The Morgan fingerprint density at radius 3 is 2.21 bits per heavy atom. The number of ether oxygens (including phenoxy) is 2. The number of β-lactam (4-membered cyclic amide) rings is 1. The standard InChI is InChI=1S/C37H43N3O7S/c1-37(2,3)47-36(44)38-29-33(42)40-30(35(43)46-31(25-15-9-5-10-16-25)26-17-11-6-12-18-26)28(23-48(45)34(29)40)21-27-19-20-39(32(27)41)22-24-13-7-4-8-14-24/h5-6,9-12,15-18,21,24,29,31,34H,4,7-8,13-14,19-20,22-23H2,1-3H3,(H,38,44)/t29-,34-,48+/m1/s1. The van der Waals surface area contributed by atoms with E-state index in [2.05, 4.69) is 5.32 Å². The van der Waals surface area contributed by atoms with Crippen molar-refractivity contribution in [2.75, 3.05) is 18.8 Å². The topological polar surface area (TPSA) is 122 Å². The number of likely N-dealkylation sites (tertiary alicyclic amines) is 1. The molecule has 1 N–H and O–H groups in total. The Morgan fingerprint density at radius 1 is 0.979 bits per heavy atom. The van der Waals surface area contributed by atoms with E-state index in [1.54, 1.807) is 26.8 Å². The first kappa shape index (κ1) is 33.6. The maximum absolute atomic E-state index is 14.3. The number of alkyl carbamates (subject to hydrolysis) is 1. The summed E-state index contributed by atoms with van der Waals surface area (Å²) in [5, 5.41) is 1.55. The summed E-state index contributed by atoms with van der Waals surface area (Å²) in [7, 11) is -1.70. The molecule has 3 heterocycles. The summed E-state index contributed by atoms with van der Waals surface area (Å²) in [4.78, 5) is 57.2. The van der Waals surface area contributed by atoms with Crippen LogP contribution in [0.1, 0.15) is 76.5 Å². The third-order valence-corrected chi connectivity index (χ3v) is 10.8. The number of nitrogens with one attached hydrogen (secondary N) is 1. The lowest BCUT2D eigenvalue weighted by Crippen LogP contribution is -2.73. The molecule has 0 spiro atoms. The Labute approximate surface area is 284 Å². The first-order valence-corrected chi connectivity index (χ1v) is 18.1. The minimum atomic E-state index is -1.70. The Morgan fingerprint density at radius 2 is 1.60 bits per heavy atom. The lowest BCUT2D eigenvalue weighted by molar-refractivity contribution is -0.153. The van der Waals surface area contributed by atoms with E-state index in [1.807, 2.05) is 65.6 Å². The van der Waals surface area contributed by atoms with Gasteiger partial charge in [-0.25, -0.2) is 9.59 Å². The number of nitrogens with zero attached hydrogens (tertiary/aromatic N) is 2. The number of allylic oxidation sites excluding steroid dienone is 1. The van der Waals surface area contributed by atoms with Crippen LogP contribution in [0.4, 0.5) is 4.79 Å². The minimum absolute atomic E-state index is 0.0604. The van der Waals surface area contributed by atoms with E-state index in [1.165, 1.54) is 24.2 Å². The average molecular weight is 674 g/mol. The molecule has 254 valence electrons. The van der Waals surface area contributed by atoms with E-state index in [0.29, 0.717) is 36.6 Å². The second kappa shape index (κ2) is 14.1. The quantitative estimate of drug-likeness (QED) is 0.234. The third kappa shape index (κ3) is 7.26. The zero-order chi connectivity index (χ0) is 34.0. The smallest absolute Gasteiger partial charge is 0.408 e. The summed E-state index contributed by atoms with van der Waals surface area (Å²) < 4.78 is 25.3. The molecule has 10 nitrogen and oxygen atoms in total. The SMILES string of the molecule is CC(C)(C)OC(=O)N[C@@H]1C(=O)N2C(C(=O)OC(c3ccccc3)c3ccccc3)=C(C=C3CCN(CC4CCCCC4)C3=O)C[S@](=O)[C@H]12. The predicted octanol–water partition coefficient (Wildman–Crippen LogP) is 5.14. The zero-order valence-electron chi connectivity index (χ0n) is 27.7. The zero-order valence-corrected chi connectivity index (χ0v) is 28.5. The number of rotatable bonds is 8. The Balaban J connectivity index is 1.33. The van der Waals surface area contributed by atoms with Gasteiger partial charge in [-0.3, -0.25) is 18.7 Å². The van der Waals surface area contributed by atoms with Crippen molar-refractivity contribution in [3.8, 4) is 0 Å². The number of benzene rings is 2. The van der Waals surface area contributed by atoms with Gasteiger partial charge in [-0.05, 0) is 68.7 Å². The van der Waals surface area contributed by atoms with E-state index in [4.69, 9.17) is 9.47 Å². The van der Waals surface area contributed by atoms with Crippen LogP contribution < -0.4 is 5.32 Å². The molecule has 0 bridgehead atoms. The van der Waals surface area contributed by atoms with Crippen LogP contribution in [0.5, 0.6) is 0 Å². The highest BCUT2D eigenvalue weighted by Gasteiger charge is 2.58. The first-order chi connectivity index (χ1) is 23.0. The van der Waals surface area contributed by atoms with Crippen LogP contribution in [0.2, 0.25) is 0 Å². The maximum Gasteiger partial charge on any atom is 0.408 e. The molecule has 48 heavy (non-hydrogen) atoms. The molecule has 1 saturated carbocycles. The summed E-state index contributed by atoms with van der Waals surface area (Å²) in [6, 6.07) is 17.4. The van der Waals surface area contributed by atoms with Crippen LogP contribution in [-0.4, -0.2) is 73.7 Å². The molecule has 0 radical (unpaired) electrons. The van der Waals surface area contributed by atoms with Gasteiger partial charge in [0.15, 0.2) is 6.10 Å². The lowest BCUT2D eigenvalue weighted by Gasteiger charge is -2.49. The lowest BCUT2D eigenvalue weighted by atomic mass is 9.89. The number of hydrogen-bond acceptors (Lipinski definition) is 7. The van der Waals surface area contributed by atoms with Crippen molar-refractivity contribution in [3.05, 3.63) is 94.7 Å². The van der Waals surface area contributed by atoms with E-state index in [9.17, 15) is 23.4 Å². The van der Waals surface area contributed by atoms with Crippen molar-refractivity contribution >= 4 is 34.7 Å². The van der Waals surface area contributed by atoms with E-state index in [-0.39, 0.29) is 17.4 Å². The average Bonchev–Trinajstić information content (AvgIpc) is 3.40. The van der Waals surface area contributed by atoms with Gasteiger partial charge >= 0.3 is 12.1 Å². The number of carbonyl (C=O) groups excluding carboxylic acids is 4. The molecule has 2 saturated heterocycles. The molecule has 1 aliphatic carbocycles. The fourth-order valence-corrected chi connectivity index (χ4v) is 8.58. The molecule has 3 aliphatic heterocycles. The fourth-order valence-electron chi connectivity index (χ4n) is 6.95. The van der Waals surface area contributed by atoms with Gasteiger partial charge in [-0.1, -0.05) is 79.9 Å². The molecule has 0 unspecified atom stereocenters. The number of hydrogen-bond donors (Lipinski definition) is 1. The van der Waals surface area contributed by atoms with Gasteiger partial charge in [0.05, 0.1) is 16.6 Å². The Kier molecular flexibility index (Phi) is 9.87. The van der Waals surface area contributed by atoms with Gasteiger partial charge in [0.1, 0.15) is 22.7 Å². The molecular formula is C37H43N3O7S. The molecule has 3 amide bonds. The van der Waals surface area contributed by atoms with Gasteiger partial charge in [0.25, 0.3) is 5.91 Å². The van der Waals surface area contributed by atoms with E-state index < -0.39 is 51.9 Å². The normalized spacial score (nSPS) is 24.1. The molecule has 11 heteroatoms. The number of fused-ring (bicyclic) bond motifs is 1. The minimum Gasteiger partial charge on any atom is -0.448 e. The summed E-state index contributed by atoms with van der Waals surface area (Å²) in [6.07, 6.45) is 6.34. The monoisotopic (exact) mass is 673 g/mol. The van der Waals surface area contributed by atoms with Crippen LogP contribution in [-0.2, 0) is 34.7 Å². The van der Waals surface area contributed by atoms with Crippen molar-refractivity contribution in [1.29, 1.82) is 0 Å². The van der Waals surface area contributed by atoms with Gasteiger partial charge < -0.3 is 19.7 Å². The first-order valence-electron chi connectivity index (χ1n) is 16.7. The molecule has 2 aromatic carbocycles. The Hall–Kier alpha value is -4.25. The molecule has 6 rings (SSSR count). The molecule has 0 aromatic heterocycles. The summed E-state index contributed by atoms with van der Waals surface area (Å²) in [6.45, 7) is 6.39. The van der Waals surface area contributed by atoms with Crippen molar-refractivity contribution in [2.45, 2.75) is 82.4 Å². The van der Waals surface area contributed by atoms with Crippen molar-refractivity contribution in [3.63, 3.8) is 0 Å². The largest absolute Gasteiger partial charge is 0.448 e. The highest BCUT2D eigenvalue weighted by molar-refractivity contribution is 7.86. The molecule has 3 atom stereocenters. The van der Waals surface area contributed by atoms with Gasteiger partial charge in [0.2, 0.25) is 5.91 Å². The maximum atomic E-state index is 14.3. The van der Waals surface area contributed by atoms with Crippen LogP contribution in [0.3, 0.4) is 0 Å². The highest BCUT2D eigenvalue weighted by Crippen LogP contribution is 2.39.